The Morgan fingerprint density at radius 3 is 1.69 bits per heavy atom. The number of hydrogen-bond donors (Lipinski definition) is 2. The second kappa shape index (κ2) is 20.3. The molecule has 0 radical (unpaired) electrons. The standard InChI is InChI=1S/C26H38N2O8/c27-24-6-8-25(9-7-24)35-21-20-34-19-18-33-17-16-32-15-14-31-13-12-30-11-10-28-26(29)36-22-23-4-2-1-3-5-23/h1-9H,10-22,27H2,(H,28,29). The quantitative estimate of drug-likeness (QED) is 0.194. The second-order valence-corrected chi connectivity index (χ2v) is 7.47. The van der Waals surface area contributed by atoms with E-state index >= 15 is 0 Å². The van der Waals surface area contributed by atoms with Gasteiger partial charge in [0.05, 0.1) is 66.1 Å². The number of nitrogen functional groups attached to an aromatic ring is 1. The van der Waals surface area contributed by atoms with Gasteiger partial charge >= 0.3 is 6.09 Å². The van der Waals surface area contributed by atoms with Crippen molar-refractivity contribution >= 4 is 11.8 Å². The molecule has 36 heavy (non-hydrogen) atoms. The molecule has 1 amide bonds. The van der Waals surface area contributed by atoms with Gasteiger partial charge in [0.1, 0.15) is 19.0 Å². The minimum absolute atomic E-state index is 0.242. The van der Waals surface area contributed by atoms with Gasteiger partial charge in [-0.1, -0.05) is 30.3 Å². The largest absolute Gasteiger partial charge is 0.491 e. The van der Waals surface area contributed by atoms with Crippen LogP contribution < -0.4 is 15.8 Å². The van der Waals surface area contributed by atoms with Crippen molar-refractivity contribution in [2.45, 2.75) is 6.61 Å². The SMILES string of the molecule is Nc1ccc(OCCOCCOCCOCCOCCOCCNC(=O)OCc2ccccc2)cc1. The van der Waals surface area contributed by atoms with Crippen molar-refractivity contribution < 1.29 is 38.0 Å². The molecule has 0 aromatic heterocycles. The van der Waals surface area contributed by atoms with Crippen LogP contribution in [0.4, 0.5) is 10.5 Å². The molecule has 0 aliphatic heterocycles. The zero-order valence-corrected chi connectivity index (χ0v) is 20.7. The van der Waals surface area contributed by atoms with Crippen molar-refractivity contribution in [3.8, 4) is 5.75 Å². The van der Waals surface area contributed by atoms with Crippen molar-refractivity contribution in [3.63, 3.8) is 0 Å². The number of nitrogens with one attached hydrogen (secondary N) is 1. The van der Waals surface area contributed by atoms with Crippen LogP contribution in [0.1, 0.15) is 5.56 Å². The Labute approximate surface area is 212 Å². The first-order chi connectivity index (χ1) is 17.7. The Bertz CT molecular complexity index is 792. The van der Waals surface area contributed by atoms with E-state index in [2.05, 4.69) is 5.32 Å². The van der Waals surface area contributed by atoms with Crippen molar-refractivity contribution in [2.75, 3.05) is 85.0 Å². The Morgan fingerprint density at radius 2 is 1.14 bits per heavy atom. The van der Waals surface area contributed by atoms with Gasteiger partial charge in [0.2, 0.25) is 0 Å². The van der Waals surface area contributed by atoms with Crippen molar-refractivity contribution in [1.29, 1.82) is 0 Å². The molecule has 0 saturated heterocycles. The maximum Gasteiger partial charge on any atom is 0.407 e. The van der Waals surface area contributed by atoms with E-state index in [1.54, 1.807) is 12.1 Å². The number of amides is 1. The van der Waals surface area contributed by atoms with E-state index in [1.165, 1.54) is 0 Å². The molecule has 0 atom stereocenters. The summed E-state index contributed by atoms with van der Waals surface area (Å²) >= 11 is 0. The summed E-state index contributed by atoms with van der Waals surface area (Å²) in [5.74, 6) is 0.768. The Morgan fingerprint density at radius 1 is 0.639 bits per heavy atom. The van der Waals surface area contributed by atoms with Crippen LogP contribution >= 0.6 is 0 Å². The molecular weight excluding hydrogens is 468 g/mol. The highest BCUT2D eigenvalue weighted by Crippen LogP contribution is 2.12. The molecule has 0 aliphatic carbocycles. The highest BCUT2D eigenvalue weighted by Gasteiger charge is 2.01. The molecule has 0 bridgehead atoms. The lowest BCUT2D eigenvalue weighted by atomic mass is 10.2. The first-order valence-electron chi connectivity index (χ1n) is 12.1. The average molecular weight is 507 g/mol. The summed E-state index contributed by atoms with van der Waals surface area (Å²) in [7, 11) is 0. The number of alkyl carbamates (subject to hydrolysis) is 1. The smallest absolute Gasteiger partial charge is 0.407 e. The van der Waals surface area contributed by atoms with Crippen molar-refractivity contribution in [1.82, 2.24) is 5.32 Å². The predicted octanol–water partition coefficient (Wildman–Crippen LogP) is 2.66. The summed E-state index contributed by atoms with van der Waals surface area (Å²) in [6.45, 7) is 5.80. The molecule has 200 valence electrons. The number of rotatable bonds is 21. The fraction of sp³-hybridized carbons (Fsp3) is 0.500. The van der Waals surface area contributed by atoms with Crippen LogP contribution in [0.5, 0.6) is 5.75 Å². The zero-order chi connectivity index (χ0) is 25.5. The van der Waals surface area contributed by atoms with Crippen LogP contribution in [-0.4, -0.2) is 85.3 Å². The third-order valence-electron chi connectivity index (χ3n) is 4.59. The first-order valence-corrected chi connectivity index (χ1v) is 12.1. The summed E-state index contributed by atoms with van der Waals surface area (Å²) in [5, 5.41) is 2.64. The van der Waals surface area contributed by atoms with E-state index in [9.17, 15) is 4.79 Å². The van der Waals surface area contributed by atoms with Gasteiger partial charge < -0.3 is 44.2 Å². The molecule has 3 N–H and O–H groups in total. The molecule has 0 saturated carbocycles. The van der Waals surface area contributed by atoms with Crippen LogP contribution in [0.25, 0.3) is 0 Å². The molecule has 0 aliphatic rings. The number of carbonyl (C=O) groups is 1. The number of hydrogen-bond acceptors (Lipinski definition) is 9. The Kier molecular flexibility index (Phi) is 16.6. The lowest BCUT2D eigenvalue weighted by molar-refractivity contribution is -0.0125. The van der Waals surface area contributed by atoms with E-state index in [0.29, 0.717) is 84.9 Å². The fourth-order valence-corrected chi connectivity index (χ4v) is 2.76. The Hall–Kier alpha value is -2.89. The van der Waals surface area contributed by atoms with Crippen LogP contribution in [-0.2, 0) is 35.0 Å². The highest BCUT2D eigenvalue weighted by atomic mass is 16.6. The van der Waals surface area contributed by atoms with Crippen molar-refractivity contribution in [2.24, 2.45) is 0 Å². The van der Waals surface area contributed by atoms with Crippen LogP contribution in [0, 0.1) is 0 Å². The predicted molar refractivity (Wildman–Crippen MR) is 135 cm³/mol. The summed E-state index contributed by atoms with van der Waals surface area (Å²) in [6, 6.07) is 16.8. The van der Waals surface area contributed by atoms with Gasteiger partial charge in [-0.3, -0.25) is 0 Å². The zero-order valence-electron chi connectivity index (χ0n) is 20.7. The molecule has 2 rings (SSSR count). The molecule has 0 unspecified atom stereocenters. The number of anilines is 1. The van der Waals surface area contributed by atoms with Gasteiger partial charge in [-0.25, -0.2) is 4.79 Å². The minimum Gasteiger partial charge on any atom is -0.491 e. The lowest BCUT2D eigenvalue weighted by Gasteiger charge is -2.09. The maximum atomic E-state index is 11.6. The third kappa shape index (κ3) is 15.9. The van der Waals surface area contributed by atoms with E-state index in [0.717, 1.165) is 11.3 Å². The van der Waals surface area contributed by atoms with Gasteiger partial charge in [-0.15, -0.1) is 0 Å². The number of benzene rings is 2. The minimum atomic E-state index is -0.465. The average Bonchev–Trinajstić information content (AvgIpc) is 2.90. The molecule has 0 spiro atoms. The van der Waals surface area contributed by atoms with Crippen LogP contribution in [0.3, 0.4) is 0 Å². The van der Waals surface area contributed by atoms with Gasteiger partial charge in [0.25, 0.3) is 0 Å². The van der Waals surface area contributed by atoms with Gasteiger partial charge in [-0.05, 0) is 29.8 Å². The number of nitrogens with two attached hydrogens (primary N) is 1. The van der Waals surface area contributed by atoms with E-state index < -0.39 is 6.09 Å². The van der Waals surface area contributed by atoms with Gasteiger partial charge in [0, 0.05) is 12.2 Å². The molecular formula is C26H38N2O8. The normalized spacial score (nSPS) is 10.8. The van der Waals surface area contributed by atoms with E-state index in [-0.39, 0.29) is 6.61 Å². The first kappa shape index (κ1) is 29.3. The van der Waals surface area contributed by atoms with Gasteiger partial charge in [0.15, 0.2) is 0 Å². The molecule has 0 heterocycles. The molecule has 10 nitrogen and oxygen atoms in total. The van der Waals surface area contributed by atoms with Gasteiger partial charge in [-0.2, -0.15) is 0 Å². The summed E-state index contributed by atoms with van der Waals surface area (Å²) in [5.41, 5.74) is 7.27. The maximum absolute atomic E-state index is 11.6. The monoisotopic (exact) mass is 506 g/mol. The number of carbonyl (C=O) groups excluding carboxylic acids is 1. The summed E-state index contributed by atoms with van der Waals surface area (Å²) < 4.78 is 37.8. The van der Waals surface area contributed by atoms with E-state index in [4.69, 9.17) is 38.9 Å². The molecule has 2 aromatic rings. The topological polar surface area (TPSA) is 120 Å². The summed E-state index contributed by atoms with van der Waals surface area (Å²) in [4.78, 5) is 11.6. The molecule has 10 heteroatoms. The van der Waals surface area contributed by atoms with Crippen LogP contribution in [0.15, 0.2) is 54.6 Å². The molecule has 0 fully saturated rings. The molecule has 2 aromatic carbocycles. The highest BCUT2D eigenvalue weighted by molar-refractivity contribution is 5.67. The van der Waals surface area contributed by atoms with Crippen molar-refractivity contribution in [3.05, 3.63) is 60.2 Å². The van der Waals surface area contributed by atoms with Crippen LogP contribution in [0.2, 0.25) is 0 Å². The third-order valence-corrected chi connectivity index (χ3v) is 4.59. The number of ether oxygens (including phenoxy) is 7. The second-order valence-electron chi connectivity index (χ2n) is 7.47. The fourth-order valence-electron chi connectivity index (χ4n) is 2.76. The van der Waals surface area contributed by atoms with E-state index in [1.807, 2.05) is 42.5 Å². The Balaban J connectivity index is 1.23. The summed E-state index contributed by atoms with van der Waals surface area (Å²) in [6.07, 6.45) is -0.465. The lowest BCUT2D eigenvalue weighted by Crippen LogP contribution is -2.28.